The van der Waals surface area contributed by atoms with Crippen LogP contribution < -0.4 is 0 Å². The third kappa shape index (κ3) is 2.75. The maximum absolute atomic E-state index is 10.7. The van der Waals surface area contributed by atoms with Crippen LogP contribution in [0.1, 0.15) is 13.3 Å². The van der Waals surface area contributed by atoms with Gasteiger partial charge in [0.1, 0.15) is 5.25 Å². The second-order valence-electron chi connectivity index (χ2n) is 1.66. The maximum Gasteiger partial charge on any atom is 0.318 e. The van der Waals surface area contributed by atoms with Crippen LogP contribution >= 0.6 is 11.8 Å². The molecule has 0 amide bonds. The number of carbonyl (C=O) groups is 1. The average Bonchev–Trinajstić information content (AvgIpc) is 1.90. The van der Waals surface area contributed by atoms with Gasteiger partial charge < -0.3 is 4.74 Å². The Labute approximate surface area is 60.0 Å². The first-order valence-electron chi connectivity index (χ1n) is 2.86. The van der Waals surface area contributed by atoms with Crippen LogP contribution in [0.3, 0.4) is 0 Å². The lowest BCUT2D eigenvalue weighted by Gasteiger charge is -2.07. The minimum Gasteiger partial charge on any atom is -0.468 e. The molecular formula is C6H12O2S. The van der Waals surface area contributed by atoms with Gasteiger partial charge >= 0.3 is 5.97 Å². The van der Waals surface area contributed by atoms with Gasteiger partial charge in [0.15, 0.2) is 0 Å². The molecule has 0 aliphatic rings. The van der Waals surface area contributed by atoms with E-state index in [1.165, 1.54) is 18.9 Å². The third-order valence-electron chi connectivity index (χ3n) is 1.12. The van der Waals surface area contributed by atoms with Crippen LogP contribution in [-0.4, -0.2) is 24.6 Å². The van der Waals surface area contributed by atoms with Crippen molar-refractivity contribution in [2.24, 2.45) is 0 Å². The van der Waals surface area contributed by atoms with Crippen molar-refractivity contribution in [3.8, 4) is 0 Å². The van der Waals surface area contributed by atoms with E-state index >= 15 is 0 Å². The second kappa shape index (κ2) is 4.68. The van der Waals surface area contributed by atoms with Crippen molar-refractivity contribution in [2.75, 3.05) is 13.4 Å². The smallest absolute Gasteiger partial charge is 0.318 e. The zero-order chi connectivity index (χ0) is 7.28. The Morgan fingerprint density at radius 2 is 2.33 bits per heavy atom. The van der Waals surface area contributed by atoms with Crippen LogP contribution in [0.5, 0.6) is 0 Å². The van der Waals surface area contributed by atoms with Gasteiger partial charge in [-0.15, -0.1) is 0 Å². The molecule has 0 aromatic carbocycles. The highest BCUT2D eigenvalue weighted by Crippen LogP contribution is 2.10. The predicted molar refractivity (Wildman–Crippen MR) is 39.6 cm³/mol. The topological polar surface area (TPSA) is 26.3 Å². The number of rotatable bonds is 3. The standard InChI is InChI=1S/C6H12O2S/c1-4-5(9-3)6(7)8-2/h5H,4H2,1-3H3/t5-/m0/s1. The van der Waals surface area contributed by atoms with Crippen molar-refractivity contribution in [1.29, 1.82) is 0 Å². The molecule has 9 heavy (non-hydrogen) atoms. The Hall–Kier alpha value is -0.180. The molecule has 0 aromatic rings. The van der Waals surface area contributed by atoms with Crippen molar-refractivity contribution in [3.63, 3.8) is 0 Å². The van der Waals surface area contributed by atoms with Crippen LogP contribution in [0.2, 0.25) is 0 Å². The summed E-state index contributed by atoms with van der Waals surface area (Å²) in [7, 11) is 1.42. The van der Waals surface area contributed by atoms with Crippen LogP contribution in [0.25, 0.3) is 0 Å². The molecule has 0 saturated carbocycles. The molecule has 0 radical (unpaired) electrons. The molecule has 0 saturated heterocycles. The van der Waals surface area contributed by atoms with Crippen molar-refractivity contribution >= 4 is 17.7 Å². The van der Waals surface area contributed by atoms with Gasteiger partial charge in [0.25, 0.3) is 0 Å². The summed E-state index contributed by atoms with van der Waals surface area (Å²) in [5.74, 6) is -0.120. The Bertz CT molecular complexity index is 89.1. The lowest BCUT2D eigenvalue weighted by atomic mass is 10.3. The average molecular weight is 148 g/mol. The second-order valence-corrected chi connectivity index (χ2v) is 2.70. The van der Waals surface area contributed by atoms with Gasteiger partial charge in [-0.1, -0.05) is 6.92 Å². The molecule has 0 aliphatic heterocycles. The molecule has 0 rings (SSSR count). The minimum absolute atomic E-state index is 0.0231. The fraction of sp³-hybridized carbons (Fsp3) is 0.833. The van der Waals surface area contributed by atoms with Gasteiger partial charge in [-0.2, -0.15) is 11.8 Å². The summed E-state index contributed by atoms with van der Waals surface area (Å²) in [4.78, 5) is 10.7. The summed E-state index contributed by atoms with van der Waals surface area (Å²) >= 11 is 1.53. The first-order chi connectivity index (χ1) is 4.26. The fourth-order valence-electron chi connectivity index (χ4n) is 0.561. The molecule has 0 spiro atoms. The number of hydrogen-bond acceptors (Lipinski definition) is 3. The Morgan fingerprint density at radius 1 is 1.78 bits per heavy atom. The molecule has 3 heteroatoms. The molecule has 1 atom stereocenters. The van der Waals surface area contributed by atoms with E-state index in [-0.39, 0.29) is 11.2 Å². The lowest BCUT2D eigenvalue weighted by molar-refractivity contribution is -0.139. The number of ether oxygens (including phenoxy) is 1. The zero-order valence-corrected chi connectivity index (χ0v) is 6.83. The molecule has 0 aromatic heterocycles. The molecule has 0 aliphatic carbocycles. The van der Waals surface area contributed by atoms with Crippen LogP contribution in [-0.2, 0) is 9.53 Å². The van der Waals surface area contributed by atoms with Crippen molar-refractivity contribution in [1.82, 2.24) is 0 Å². The summed E-state index contributed by atoms with van der Waals surface area (Å²) < 4.78 is 4.53. The van der Waals surface area contributed by atoms with Gasteiger partial charge in [0.2, 0.25) is 0 Å². The van der Waals surface area contributed by atoms with Crippen LogP contribution in [0, 0.1) is 0 Å². The molecule has 54 valence electrons. The molecular weight excluding hydrogens is 136 g/mol. The van der Waals surface area contributed by atoms with E-state index in [4.69, 9.17) is 0 Å². The highest BCUT2D eigenvalue weighted by atomic mass is 32.2. The minimum atomic E-state index is -0.120. The highest BCUT2D eigenvalue weighted by Gasteiger charge is 2.13. The number of methoxy groups -OCH3 is 1. The lowest BCUT2D eigenvalue weighted by Crippen LogP contribution is -2.16. The largest absolute Gasteiger partial charge is 0.468 e. The molecule has 0 unspecified atom stereocenters. The Balaban J connectivity index is 3.64. The molecule has 0 bridgehead atoms. The zero-order valence-electron chi connectivity index (χ0n) is 6.01. The summed E-state index contributed by atoms with van der Waals surface area (Å²) in [5.41, 5.74) is 0. The van der Waals surface area contributed by atoms with E-state index in [1.807, 2.05) is 13.2 Å². The van der Waals surface area contributed by atoms with Gasteiger partial charge in [0, 0.05) is 0 Å². The number of carbonyl (C=O) groups excluding carboxylic acids is 1. The van der Waals surface area contributed by atoms with E-state index in [0.29, 0.717) is 0 Å². The van der Waals surface area contributed by atoms with E-state index < -0.39 is 0 Å². The van der Waals surface area contributed by atoms with Crippen molar-refractivity contribution < 1.29 is 9.53 Å². The van der Waals surface area contributed by atoms with Gasteiger partial charge in [0.05, 0.1) is 7.11 Å². The van der Waals surface area contributed by atoms with Crippen LogP contribution in [0.15, 0.2) is 0 Å². The maximum atomic E-state index is 10.7. The fourth-order valence-corrected chi connectivity index (χ4v) is 1.18. The quantitative estimate of drug-likeness (QED) is 0.564. The molecule has 0 fully saturated rings. The molecule has 0 N–H and O–H groups in total. The van der Waals surface area contributed by atoms with Crippen molar-refractivity contribution in [2.45, 2.75) is 18.6 Å². The van der Waals surface area contributed by atoms with Gasteiger partial charge in [-0.3, -0.25) is 4.79 Å². The summed E-state index contributed by atoms with van der Waals surface area (Å²) in [6.45, 7) is 1.97. The van der Waals surface area contributed by atoms with E-state index in [0.717, 1.165) is 6.42 Å². The number of esters is 1. The van der Waals surface area contributed by atoms with Gasteiger partial charge in [-0.25, -0.2) is 0 Å². The molecule has 0 heterocycles. The van der Waals surface area contributed by atoms with E-state index in [2.05, 4.69) is 4.74 Å². The first kappa shape index (κ1) is 8.82. The summed E-state index contributed by atoms with van der Waals surface area (Å²) in [6.07, 6.45) is 2.75. The van der Waals surface area contributed by atoms with Crippen LogP contribution in [0.4, 0.5) is 0 Å². The number of hydrogen-bond donors (Lipinski definition) is 0. The highest BCUT2D eigenvalue weighted by molar-refractivity contribution is 7.99. The predicted octanol–water partition coefficient (Wildman–Crippen LogP) is 1.30. The summed E-state index contributed by atoms with van der Waals surface area (Å²) in [6, 6.07) is 0. The monoisotopic (exact) mass is 148 g/mol. The Morgan fingerprint density at radius 3 is 2.44 bits per heavy atom. The van der Waals surface area contributed by atoms with E-state index in [9.17, 15) is 4.79 Å². The number of thioether (sulfide) groups is 1. The normalized spacial score (nSPS) is 12.8. The third-order valence-corrected chi connectivity index (χ3v) is 2.21. The molecule has 2 nitrogen and oxygen atoms in total. The van der Waals surface area contributed by atoms with Gasteiger partial charge in [-0.05, 0) is 12.7 Å². The Kier molecular flexibility index (Phi) is 4.58. The first-order valence-corrected chi connectivity index (χ1v) is 4.15. The summed E-state index contributed by atoms with van der Waals surface area (Å²) in [5, 5.41) is 0.0231. The SMILES string of the molecule is CC[C@H](SC)C(=O)OC. The van der Waals surface area contributed by atoms with Crippen molar-refractivity contribution in [3.05, 3.63) is 0 Å². The van der Waals surface area contributed by atoms with E-state index in [1.54, 1.807) is 0 Å².